The lowest BCUT2D eigenvalue weighted by Crippen LogP contribution is -2.35. The maximum atomic E-state index is 11.7. The molecule has 0 atom stereocenters. The second-order valence-corrected chi connectivity index (χ2v) is 3.92. The maximum absolute atomic E-state index is 11.7. The van der Waals surface area contributed by atoms with Gasteiger partial charge in [-0.15, -0.1) is 0 Å². The van der Waals surface area contributed by atoms with Gasteiger partial charge in [0.15, 0.2) is 0 Å². The van der Waals surface area contributed by atoms with Gasteiger partial charge in [0.1, 0.15) is 0 Å². The summed E-state index contributed by atoms with van der Waals surface area (Å²) in [6.45, 7) is 8.91. The SMILES string of the molecule is CCCC(CCC)C(=O)NCCNCC. The lowest BCUT2D eigenvalue weighted by molar-refractivity contribution is -0.125. The molecule has 0 aliphatic carbocycles. The van der Waals surface area contributed by atoms with E-state index in [1.807, 2.05) is 0 Å². The normalized spacial score (nSPS) is 10.7. The first kappa shape index (κ1) is 14.4. The van der Waals surface area contributed by atoms with Crippen LogP contribution in [0.2, 0.25) is 0 Å². The van der Waals surface area contributed by atoms with E-state index in [4.69, 9.17) is 0 Å². The molecule has 0 rings (SSSR count). The molecule has 0 aliphatic heterocycles. The van der Waals surface area contributed by atoms with Crippen LogP contribution in [-0.4, -0.2) is 25.5 Å². The van der Waals surface area contributed by atoms with E-state index in [9.17, 15) is 4.79 Å². The molecule has 0 radical (unpaired) electrons. The van der Waals surface area contributed by atoms with Gasteiger partial charge >= 0.3 is 0 Å². The van der Waals surface area contributed by atoms with E-state index in [1.54, 1.807) is 0 Å². The summed E-state index contributed by atoms with van der Waals surface area (Å²) in [4.78, 5) is 11.7. The van der Waals surface area contributed by atoms with Crippen molar-refractivity contribution < 1.29 is 4.79 Å². The molecule has 0 aromatic rings. The molecule has 0 spiro atoms. The summed E-state index contributed by atoms with van der Waals surface area (Å²) in [6.07, 6.45) is 4.21. The molecular formula is C12H26N2O. The van der Waals surface area contributed by atoms with Crippen molar-refractivity contribution in [2.75, 3.05) is 19.6 Å². The highest BCUT2D eigenvalue weighted by atomic mass is 16.1. The number of likely N-dealkylation sites (N-methyl/N-ethyl adjacent to an activating group) is 1. The van der Waals surface area contributed by atoms with Crippen LogP contribution in [-0.2, 0) is 4.79 Å². The fraction of sp³-hybridized carbons (Fsp3) is 0.917. The monoisotopic (exact) mass is 214 g/mol. The van der Waals surface area contributed by atoms with Crippen molar-refractivity contribution in [3.63, 3.8) is 0 Å². The third-order valence-electron chi connectivity index (χ3n) is 2.50. The molecule has 0 aliphatic rings. The van der Waals surface area contributed by atoms with Crippen LogP contribution in [0.1, 0.15) is 46.5 Å². The number of hydrogen-bond acceptors (Lipinski definition) is 2. The zero-order valence-corrected chi connectivity index (χ0v) is 10.4. The molecule has 0 bridgehead atoms. The average molecular weight is 214 g/mol. The van der Waals surface area contributed by atoms with E-state index in [0.29, 0.717) is 0 Å². The zero-order valence-electron chi connectivity index (χ0n) is 10.4. The lowest BCUT2D eigenvalue weighted by Gasteiger charge is -2.15. The number of carbonyl (C=O) groups is 1. The van der Waals surface area contributed by atoms with Crippen molar-refractivity contribution >= 4 is 5.91 Å². The molecule has 0 saturated heterocycles. The Morgan fingerprint density at radius 2 is 1.67 bits per heavy atom. The molecule has 15 heavy (non-hydrogen) atoms. The van der Waals surface area contributed by atoms with E-state index < -0.39 is 0 Å². The van der Waals surface area contributed by atoms with E-state index in [2.05, 4.69) is 31.4 Å². The van der Waals surface area contributed by atoms with E-state index in [0.717, 1.165) is 45.3 Å². The van der Waals surface area contributed by atoms with E-state index in [1.165, 1.54) is 0 Å². The third kappa shape index (κ3) is 7.37. The molecule has 0 aromatic carbocycles. The minimum Gasteiger partial charge on any atom is -0.355 e. The Labute approximate surface area is 94.0 Å². The number of carbonyl (C=O) groups excluding carboxylic acids is 1. The molecule has 3 heteroatoms. The highest BCUT2D eigenvalue weighted by Gasteiger charge is 2.15. The summed E-state index contributed by atoms with van der Waals surface area (Å²) in [5, 5.41) is 6.18. The Balaban J connectivity index is 3.70. The summed E-state index contributed by atoms with van der Waals surface area (Å²) in [5.41, 5.74) is 0. The molecule has 0 saturated carbocycles. The van der Waals surface area contributed by atoms with Crippen LogP contribution in [0.15, 0.2) is 0 Å². The topological polar surface area (TPSA) is 41.1 Å². The van der Waals surface area contributed by atoms with Gasteiger partial charge < -0.3 is 10.6 Å². The average Bonchev–Trinajstić information content (AvgIpc) is 2.24. The summed E-state index contributed by atoms with van der Waals surface area (Å²) in [6, 6.07) is 0. The van der Waals surface area contributed by atoms with Crippen LogP contribution in [0.5, 0.6) is 0 Å². The summed E-state index contributed by atoms with van der Waals surface area (Å²) < 4.78 is 0. The zero-order chi connectivity index (χ0) is 11.5. The van der Waals surface area contributed by atoms with Gasteiger partial charge in [-0.25, -0.2) is 0 Å². The Hall–Kier alpha value is -0.570. The molecule has 1 amide bonds. The minimum absolute atomic E-state index is 0.224. The Bertz CT molecular complexity index is 154. The third-order valence-corrected chi connectivity index (χ3v) is 2.50. The van der Waals surface area contributed by atoms with E-state index >= 15 is 0 Å². The summed E-state index contributed by atoms with van der Waals surface area (Å²) in [5.74, 6) is 0.457. The molecule has 0 heterocycles. The van der Waals surface area contributed by atoms with Crippen LogP contribution < -0.4 is 10.6 Å². The second-order valence-electron chi connectivity index (χ2n) is 3.92. The maximum Gasteiger partial charge on any atom is 0.223 e. The van der Waals surface area contributed by atoms with Crippen LogP contribution in [0.3, 0.4) is 0 Å². The second kappa shape index (κ2) is 9.97. The molecule has 0 fully saturated rings. The fourth-order valence-electron chi connectivity index (χ4n) is 1.70. The number of amides is 1. The first-order valence-corrected chi connectivity index (χ1v) is 6.24. The van der Waals surface area contributed by atoms with Gasteiger partial charge in [0.05, 0.1) is 0 Å². The standard InChI is InChI=1S/C12H26N2O/c1-4-7-11(8-5-2)12(15)14-10-9-13-6-3/h11,13H,4-10H2,1-3H3,(H,14,15). The van der Waals surface area contributed by atoms with Crippen LogP contribution >= 0.6 is 0 Å². The Morgan fingerprint density at radius 1 is 1.07 bits per heavy atom. The number of nitrogens with one attached hydrogen (secondary N) is 2. The fourth-order valence-corrected chi connectivity index (χ4v) is 1.70. The van der Waals surface area contributed by atoms with Crippen molar-refractivity contribution in [1.29, 1.82) is 0 Å². The predicted octanol–water partition coefficient (Wildman–Crippen LogP) is 1.93. The molecular weight excluding hydrogens is 188 g/mol. The minimum atomic E-state index is 0.224. The van der Waals surface area contributed by atoms with Crippen molar-refractivity contribution in [1.82, 2.24) is 10.6 Å². The van der Waals surface area contributed by atoms with Crippen molar-refractivity contribution in [3.05, 3.63) is 0 Å². The Kier molecular flexibility index (Phi) is 9.59. The van der Waals surface area contributed by atoms with E-state index in [-0.39, 0.29) is 11.8 Å². The number of rotatable bonds is 9. The molecule has 0 aromatic heterocycles. The largest absolute Gasteiger partial charge is 0.355 e. The van der Waals surface area contributed by atoms with Crippen LogP contribution in [0.25, 0.3) is 0 Å². The van der Waals surface area contributed by atoms with Gasteiger partial charge in [-0.1, -0.05) is 33.6 Å². The highest BCUT2D eigenvalue weighted by molar-refractivity contribution is 5.78. The lowest BCUT2D eigenvalue weighted by atomic mass is 9.97. The van der Waals surface area contributed by atoms with Gasteiger partial charge in [0.25, 0.3) is 0 Å². The van der Waals surface area contributed by atoms with Gasteiger partial charge in [-0.2, -0.15) is 0 Å². The smallest absolute Gasteiger partial charge is 0.223 e. The predicted molar refractivity (Wildman–Crippen MR) is 64.9 cm³/mol. The molecule has 90 valence electrons. The van der Waals surface area contributed by atoms with Crippen LogP contribution in [0, 0.1) is 5.92 Å². The van der Waals surface area contributed by atoms with Gasteiger partial charge in [0, 0.05) is 19.0 Å². The van der Waals surface area contributed by atoms with Gasteiger partial charge in [-0.05, 0) is 19.4 Å². The quantitative estimate of drug-likeness (QED) is 0.576. The van der Waals surface area contributed by atoms with Crippen molar-refractivity contribution in [2.45, 2.75) is 46.5 Å². The Morgan fingerprint density at radius 3 is 2.13 bits per heavy atom. The van der Waals surface area contributed by atoms with Crippen molar-refractivity contribution in [2.24, 2.45) is 5.92 Å². The summed E-state index contributed by atoms with van der Waals surface area (Å²) in [7, 11) is 0. The molecule has 2 N–H and O–H groups in total. The first-order chi connectivity index (χ1) is 7.26. The first-order valence-electron chi connectivity index (χ1n) is 6.24. The summed E-state index contributed by atoms with van der Waals surface area (Å²) >= 11 is 0. The molecule has 3 nitrogen and oxygen atoms in total. The highest BCUT2D eigenvalue weighted by Crippen LogP contribution is 2.13. The van der Waals surface area contributed by atoms with Gasteiger partial charge in [0.2, 0.25) is 5.91 Å². The van der Waals surface area contributed by atoms with Crippen molar-refractivity contribution in [3.8, 4) is 0 Å². The molecule has 0 unspecified atom stereocenters. The number of hydrogen-bond donors (Lipinski definition) is 2. The van der Waals surface area contributed by atoms with Gasteiger partial charge in [-0.3, -0.25) is 4.79 Å². The van der Waals surface area contributed by atoms with Crippen LogP contribution in [0.4, 0.5) is 0 Å².